The number of hydrogen-bond acceptors (Lipinski definition) is 1. The van der Waals surface area contributed by atoms with Crippen molar-refractivity contribution in [2.24, 2.45) is 17.8 Å². The molecule has 2 aliphatic carbocycles. The molecule has 0 unspecified atom stereocenters. The summed E-state index contributed by atoms with van der Waals surface area (Å²) in [6.07, 6.45) is 5.20. The zero-order valence-corrected chi connectivity index (χ0v) is 19.6. The van der Waals surface area contributed by atoms with Crippen LogP contribution in [0.25, 0.3) is 10.1 Å². The van der Waals surface area contributed by atoms with Crippen LogP contribution in [0.15, 0.2) is 72.3 Å². The van der Waals surface area contributed by atoms with Crippen molar-refractivity contribution in [2.45, 2.75) is 38.6 Å². The normalized spacial score (nSPS) is 25.5. The molecule has 0 aromatic heterocycles. The molecule has 4 atom stereocenters. The Kier molecular flexibility index (Phi) is 6.90. The molecule has 2 aromatic rings. The van der Waals surface area contributed by atoms with Gasteiger partial charge in [-0.05, 0) is 55.1 Å². The van der Waals surface area contributed by atoms with E-state index < -0.39 is 7.29 Å². The van der Waals surface area contributed by atoms with Crippen LogP contribution in [0.2, 0.25) is 0 Å². The molecular formula is C25H28Cl2NOP. The Hall–Kier alpha value is -1.31. The Labute approximate surface area is 189 Å². The molecule has 0 spiro atoms. The monoisotopic (exact) mass is 459 g/mol. The first-order valence-electron chi connectivity index (χ1n) is 10.7. The molecule has 0 saturated heterocycles. The Bertz CT molecular complexity index is 914. The van der Waals surface area contributed by atoms with Gasteiger partial charge in [0.1, 0.15) is 0 Å². The zero-order chi connectivity index (χ0) is 21.1. The van der Waals surface area contributed by atoms with Gasteiger partial charge in [-0.25, -0.2) is 0 Å². The second-order valence-electron chi connectivity index (χ2n) is 8.65. The summed E-state index contributed by atoms with van der Waals surface area (Å²) >= 11 is 13.2. The number of halogens is 2. The second kappa shape index (κ2) is 9.45. The van der Waals surface area contributed by atoms with Crippen LogP contribution in [0, 0.1) is 17.8 Å². The van der Waals surface area contributed by atoms with E-state index in [1.54, 1.807) is 11.6 Å². The molecule has 158 valence electrons. The molecule has 4 rings (SSSR count). The summed E-state index contributed by atoms with van der Waals surface area (Å²) in [5.74, 6) is 5.48. The van der Waals surface area contributed by atoms with Crippen molar-refractivity contribution in [3.8, 4) is 0 Å². The maximum Gasteiger partial charge on any atom is 0.193 e. The van der Waals surface area contributed by atoms with Crippen molar-refractivity contribution < 1.29 is 4.57 Å². The Morgan fingerprint density at radius 3 is 1.90 bits per heavy atom. The minimum absolute atomic E-state index is 0.138. The lowest BCUT2D eigenvalue weighted by Gasteiger charge is -2.30. The second-order valence-corrected chi connectivity index (χ2v) is 11.7. The third-order valence-electron chi connectivity index (χ3n) is 6.55. The van der Waals surface area contributed by atoms with Crippen LogP contribution in [0.3, 0.4) is 0 Å². The molecule has 1 N–H and O–H groups in total. The van der Waals surface area contributed by atoms with Crippen LogP contribution in [0.5, 0.6) is 0 Å². The smallest absolute Gasteiger partial charge is 0.193 e. The van der Waals surface area contributed by atoms with Gasteiger partial charge in [0.2, 0.25) is 0 Å². The van der Waals surface area contributed by atoms with Crippen LogP contribution in [0.4, 0.5) is 0 Å². The van der Waals surface area contributed by atoms with E-state index in [1.165, 1.54) is 25.7 Å². The lowest BCUT2D eigenvalue weighted by atomic mass is 9.84. The third-order valence-corrected chi connectivity index (χ3v) is 9.60. The van der Waals surface area contributed by atoms with Crippen LogP contribution >= 0.6 is 30.5 Å². The van der Waals surface area contributed by atoms with E-state index in [2.05, 4.69) is 12.0 Å². The lowest BCUT2D eigenvalue weighted by molar-refractivity contribution is 0.280. The molecule has 5 heteroatoms. The molecular weight excluding hydrogens is 432 g/mol. The molecule has 2 bridgehead atoms. The summed E-state index contributed by atoms with van der Waals surface area (Å²) in [4.78, 5) is 0. The maximum atomic E-state index is 14.1. The average Bonchev–Trinajstić information content (AvgIpc) is 3.38. The fourth-order valence-corrected chi connectivity index (χ4v) is 8.26. The molecule has 0 radical (unpaired) electrons. The van der Waals surface area contributed by atoms with Gasteiger partial charge in [-0.1, -0.05) is 90.3 Å². The van der Waals surface area contributed by atoms with Gasteiger partial charge in [0.05, 0.1) is 10.1 Å². The molecule has 2 saturated carbocycles. The maximum absolute atomic E-state index is 14.1. The molecule has 0 aliphatic heterocycles. The highest BCUT2D eigenvalue weighted by Gasteiger charge is 2.42. The van der Waals surface area contributed by atoms with Gasteiger partial charge in [0.25, 0.3) is 0 Å². The lowest BCUT2D eigenvalue weighted by Crippen LogP contribution is -2.33. The third kappa shape index (κ3) is 5.11. The van der Waals surface area contributed by atoms with E-state index in [0.717, 1.165) is 23.0 Å². The van der Waals surface area contributed by atoms with Gasteiger partial charge in [-0.2, -0.15) is 0 Å². The summed E-state index contributed by atoms with van der Waals surface area (Å²) in [5, 5.41) is 4.40. The van der Waals surface area contributed by atoms with Crippen molar-refractivity contribution in [3.05, 3.63) is 83.4 Å². The van der Waals surface area contributed by atoms with E-state index in [9.17, 15) is 4.57 Å². The Morgan fingerprint density at radius 1 is 0.933 bits per heavy atom. The Morgan fingerprint density at radius 2 is 1.47 bits per heavy atom. The van der Waals surface area contributed by atoms with Crippen molar-refractivity contribution in [3.63, 3.8) is 0 Å². The SMILES string of the molecule is C[C@@H](NP(=O)(/C=C(\Cl)c1ccccc1)/C=C(\Cl)c1ccccc1)[C@@H]1C[C@H]2CC[C@H]1C2. The van der Waals surface area contributed by atoms with Gasteiger partial charge < -0.3 is 0 Å². The molecule has 2 aliphatic rings. The van der Waals surface area contributed by atoms with Gasteiger partial charge in [-0.15, -0.1) is 0 Å². The first-order valence-corrected chi connectivity index (χ1v) is 13.3. The van der Waals surface area contributed by atoms with E-state index in [4.69, 9.17) is 23.2 Å². The molecule has 2 nitrogen and oxygen atoms in total. The van der Waals surface area contributed by atoms with Gasteiger partial charge in [0, 0.05) is 17.7 Å². The molecule has 0 heterocycles. The van der Waals surface area contributed by atoms with Crippen molar-refractivity contribution in [1.29, 1.82) is 0 Å². The number of rotatable bonds is 7. The van der Waals surface area contributed by atoms with Crippen molar-refractivity contribution >= 4 is 40.6 Å². The predicted molar refractivity (Wildman–Crippen MR) is 130 cm³/mol. The molecule has 0 amide bonds. The summed E-state index contributed by atoms with van der Waals surface area (Å²) in [7, 11) is -3.13. The van der Waals surface area contributed by atoms with Crippen LogP contribution < -0.4 is 5.09 Å². The van der Waals surface area contributed by atoms with Crippen molar-refractivity contribution in [1.82, 2.24) is 5.09 Å². The fraction of sp³-hybridized carbons (Fsp3) is 0.360. The zero-order valence-electron chi connectivity index (χ0n) is 17.2. The number of hydrogen-bond donors (Lipinski definition) is 1. The van der Waals surface area contributed by atoms with E-state index in [-0.39, 0.29) is 6.04 Å². The van der Waals surface area contributed by atoms with Crippen molar-refractivity contribution in [2.75, 3.05) is 0 Å². The van der Waals surface area contributed by atoms with Gasteiger partial charge in [-0.3, -0.25) is 9.65 Å². The highest BCUT2D eigenvalue weighted by atomic mass is 35.5. The largest absolute Gasteiger partial charge is 0.298 e. The minimum atomic E-state index is -3.13. The fourth-order valence-electron chi connectivity index (χ4n) is 5.11. The predicted octanol–water partition coefficient (Wildman–Crippen LogP) is 8.15. The summed E-state index contributed by atoms with van der Waals surface area (Å²) < 4.78 is 14.1. The highest BCUT2D eigenvalue weighted by Crippen LogP contribution is 2.54. The number of benzene rings is 2. The van der Waals surface area contributed by atoms with Gasteiger partial charge >= 0.3 is 0 Å². The van der Waals surface area contributed by atoms with Gasteiger partial charge in [0.15, 0.2) is 7.29 Å². The van der Waals surface area contributed by atoms with E-state index in [0.29, 0.717) is 16.0 Å². The highest BCUT2D eigenvalue weighted by molar-refractivity contribution is 7.68. The summed E-state index contributed by atoms with van der Waals surface area (Å²) in [6, 6.07) is 19.4. The first-order chi connectivity index (χ1) is 14.4. The number of fused-ring (bicyclic) bond motifs is 2. The molecule has 30 heavy (non-hydrogen) atoms. The van der Waals surface area contributed by atoms with E-state index in [1.807, 2.05) is 60.7 Å². The minimum Gasteiger partial charge on any atom is -0.298 e. The molecule has 2 aromatic carbocycles. The number of nitrogens with one attached hydrogen (secondary N) is 1. The molecule has 2 fully saturated rings. The standard InChI is InChI=1S/C25H28Cl2NOP/c1-18(23-15-19-12-13-22(23)14-19)28-30(29,16-24(26)20-8-4-2-5-9-20)17-25(27)21-10-6-3-7-11-21/h2-11,16-19,22-23H,12-15H2,1H3,(H,28,29)/b24-16-,25-17-/t18-,19+,22+,23+/m1/s1. The Balaban J connectivity index is 1.64. The first kappa shape index (κ1) is 21.9. The van der Waals surface area contributed by atoms with Crippen LogP contribution in [0.1, 0.15) is 43.7 Å². The van der Waals surface area contributed by atoms with Crippen LogP contribution in [-0.4, -0.2) is 6.04 Å². The average molecular weight is 460 g/mol. The summed E-state index contributed by atoms with van der Waals surface area (Å²) in [6.45, 7) is 2.16. The quantitative estimate of drug-likeness (QED) is 0.423. The van der Waals surface area contributed by atoms with Crippen LogP contribution in [-0.2, 0) is 4.57 Å². The topological polar surface area (TPSA) is 29.1 Å². The van der Waals surface area contributed by atoms with E-state index >= 15 is 0 Å². The summed E-state index contributed by atoms with van der Waals surface area (Å²) in [5.41, 5.74) is 1.69.